The second-order valence-corrected chi connectivity index (χ2v) is 3.82. The van der Waals surface area contributed by atoms with Crippen LogP contribution in [0.1, 0.15) is 33.1 Å². The van der Waals surface area contributed by atoms with E-state index in [1.165, 1.54) is 0 Å². The number of primary amides is 1. The van der Waals surface area contributed by atoms with Crippen molar-refractivity contribution in [2.24, 2.45) is 5.73 Å². The van der Waals surface area contributed by atoms with Crippen LogP contribution in [0.3, 0.4) is 0 Å². The molecular formula is C10H19N3O4. The van der Waals surface area contributed by atoms with Crippen molar-refractivity contribution in [1.82, 2.24) is 10.6 Å². The maximum absolute atomic E-state index is 11.4. The molecule has 5 N–H and O–H groups in total. The van der Waals surface area contributed by atoms with Crippen molar-refractivity contribution in [3.8, 4) is 0 Å². The number of hydrogen-bond donors (Lipinski definition) is 4. The van der Waals surface area contributed by atoms with Gasteiger partial charge in [-0.2, -0.15) is 0 Å². The van der Waals surface area contributed by atoms with Gasteiger partial charge in [-0.3, -0.25) is 4.79 Å². The number of nitrogens with two attached hydrogens (primary N) is 1. The van der Waals surface area contributed by atoms with Gasteiger partial charge < -0.3 is 21.5 Å². The molecule has 0 aromatic rings. The predicted molar refractivity (Wildman–Crippen MR) is 61.3 cm³/mol. The van der Waals surface area contributed by atoms with E-state index in [1.807, 2.05) is 6.92 Å². The fourth-order valence-electron chi connectivity index (χ4n) is 1.07. The molecule has 0 aliphatic rings. The molecule has 0 aromatic heterocycles. The number of carbonyl (C=O) groups excluding carboxylic acids is 2. The molecule has 7 nitrogen and oxygen atoms in total. The summed E-state index contributed by atoms with van der Waals surface area (Å²) in [6, 6.07) is -1.71. The number of carbonyl (C=O) groups is 3. The molecule has 0 aromatic carbocycles. The highest BCUT2D eigenvalue weighted by Crippen LogP contribution is 1.97. The van der Waals surface area contributed by atoms with Gasteiger partial charge in [0.05, 0.1) is 0 Å². The number of amides is 3. The van der Waals surface area contributed by atoms with Crippen LogP contribution < -0.4 is 16.4 Å². The minimum Gasteiger partial charge on any atom is -0.480 e. The van der Waals surface area contributed by atoms with Gasteiger partial charge in [0, 0.05) is 12.5 Å². The third-order valence-corrected chi connectivity index (χ3v) is 2.27. The lowest BCUT2D eigenvalue weighted by molar-refractivity contribution is -0.139. The van der Waals surface area contributed by atoms with E-state index in [2.05, 4.69) is 10.6 Å². The Morgan fingerprint density at radius 3 is 2.29 bits per heavy atom. The van der Waals surface area contributed by atoms with Crippen LogP contribution in [-0.2, 0) is 9.59 Å². The van der Waals surface area contributed by atoms with E-state index < -0.39 is 23.9 Å². The van der Waals surface area contributed by atoms with Gasteiger partial charge in [-0.05, 0) is 19.8 Å². The Balaban J connectivity index is 4.20. The average molecular weight is 245 g/mol. The van der Waals surface area contributed by atoms with Crippen LogP contribution in [-0.4, -0.2) is 35.1 Å². The van der Waals surface area contributed by atoms with Crippen molar-refractivity contribution < 1.29 is 19.5 Å². The van der Waals surface area contributed by atoms with Crippen LogP contribution in [0.15, 0.2) is 0 Å². The largest absolute Gasteiger partial charge is 0.480 e. The van der Waals surface area contributed by atoms with Gasteiger partial charge in [-0.25, -0.2) is 9.59 Å². The third kappa shape index (κ3) is 7.15. The minimum absolute atomic E-state index is 0.0153. The van der Waals surface area contributed by atoms with Crippen molar-refractivity contribution in [1.29, 1.82) is 0 Å². The molecule has 2 atom stereocenters. The Labute approximate surface area is 99.7 Å². The predicted octanol–water partition coefficient (Wildman–Crippen LogP) is -0.197. The normalized spacial score (nSPS) is 13.5. The summed E-state index contributed by atoms with van der Waals surface area (Å²) < 4.78 is 0. The fraction of sp³-hybridized carbons (Fsp3) is 0.700. The maximum atomic E-state index is 11.4. The molecule has 0 aliphatic carbocycles. The highest BCUT2D eigenvalue weighted by atomic mass is 16.4. The van der Waals surface area contributed by atoms with Gasteiger partial charge in [-0.15, -0.1) is 0 Å². The number of rotatable bonds is 7. The Hall–Kier alpha value is -1.79. The summed E-state index contributed by atoms with van der Waals surface area (Å²) in [7, 11) is 0. The summed E-state index contributed by atoms with van der Waals surface area (Å²) in [5.74, 6) is -1.79. The molecule has 17 heavy (non-hydrogen) atoms. The SMILES string of the molecule is CCC(C)NC(=O)N[C@@H](CCC(N)=O)C(=O)O. The Kier molecular flexibility index (Phi) is 6.69. The van der Waals surface area contributed by atoms with E-state index in [0.29, 0.717) is 0 Å². The number of aliphatic carboxylic acids is 1. The van der Waals surface area contributed by atoms with E-state index in [0.717, 1.165) is 6.42 Å². The maximum Gasteiger partial charge on any atom is 0.326 e. The summed E-state index contributed by atoms with van der Waals surface area (Å²) in [4.78, 5) is 32.7. The zero-order valence-corrected chi connectivity index (χ0v) is 10.0. The molecular weight excluding hydrogens is 226 g/mol. The smallest absolute Gasteiger partial charge is 0.326 e. The number of urea groups is 1. The molecule has 0 fully saturated rings. The lowest BCUT2D eigenvalue weighted by Gasteiger charge is -2.17. The average Bonchev–Trinajstić information content (AvgIpc) is 2.23. The molecule has 3 amide bonds. The van der Waals surface area contributed by atoms with Crippen molar-refractivity contribution >= 4 is 17.9 Å². The molecule has 98 valence electrons. The number of carboxylic acid groups (broad SMARTS) is 1. The van der Waals surface area contributed by atoms with E-state index >= 15 is 0 Å². The highest BCUT2D eigenvalue weighted by Gasteiger charge is 2.20. The van der Waals surface area contributed by atoms with Crippen LogP contribution in [0.4, 0.5) is 4.79 Å². The van der Waals surface area contributed by atoms with E-state index in [1.54, 1.807) is 6.92 Å². The number of nitrogens with one attached hydrogen (secondary N) is 2. The topological polar surface area (TPSA) is 122 Å². The summed E-state index contributed by atoms with van der Waals surface area (Å²) in [5, 5.41) is 13.7. The molecule has 0 saturated carbocycles. The molecule has 0 aliphatic heterocycles. The first kappa shape index (κ1) is 15.2. The molecule has 0 rings (SSSR count). The minimum atomic E-state index is -1.19. The fourth-order valence-corrected chi connectivity index (χ4v) is 1.07. The Morgan fingerprint density at radius 1 is 1.29 bits per heavy atom. The van der Waals surface area contributed by atoms with Crippen molar-refractivity contribution in [3.63, 3.8) is 0 Å². The van der Waals surface area contributed by atoms with Gasteiger partial charge in [0.2, 0.25) is 5.91 Å². The lowest BCUT2D eigenvalue weighted by atomic mass is 10.1. The van der Waals surface area contributed by atoms with Crippen LogP contribution in [0.25, 0.3) is 0 Å². The Morgan fingerprint density at radius 2 is 1.88 bits per heavy atom. The number of carboxylic acids is 1. The van der Waals surface area contributed by atoms with Crippen LogP contribution in [0, 0.1) is 0 Å². The first-order chi connectivity index (χ1) is 7.86. The molecule has 0 saturated heterocycles. The van der Waals surface area contributed by atoms with Crippen LogP contribution in [0.5, 0.6) is 0 Å². The monoisotopic (exact) mass is 245 g/mol. The van der Waals surface area contributed by atoms with Crippen molar-refractivity contribution in [2.45, 2.75) is 45.2 Å². The van der Waals surface area contributed by atoms with Gasteiger partial charge in [0.25, 0.3) is 0 Å². The van der Waals surface area contributed by atoms with Crippen molar-refractivity contribution in [3.05, 3.63) is 0 Å². The second-order valence-electron chi connectivity index (χ2n) is 3.82. The van der Waals surface area contributed by atoms with Gasteiger partial charge >= 0.3 is 12.0 Å². The highest BCUT2D eigenvalue weighted by molar-refractivity contribution is 5.83. The van der Waals surface area contributed by atoms with Crippen molar-refractivity contribution in [2.75, 3.05) is 0 Å². The van der Waals surface area contributed by atoms with E-state index in [9.17, 15) is 14.4 Å². The summed E-state index contributed by atoms with van der Waals surface area (Å²) in [6.45, 7) is 3.70. The molecule has 0 bridgehead atoms. The lowest BCUT2D eigenvalue weighted by Crippen LogP contribution is -2.48. The quantitative estimate of drug-likeness (QED) is 0.496. The van der Waals surface area contributed by atoms with E-state index in [-0.39, 0.29) is 18.9 Å². The summed E-state index contributed by atoms with van der Waals surface area (Å²) in [6.07, 6.45) is 0.644. The zero-order valence-electron chi connectivity index (χ0n) is 10.0. The molecule has 1 unspecified atom stereocenters. The Bertz CT molecular complexity index is 293. The second kappa shape index (κ2) is 7.48. The summed E-state index contributed by atoms with van der Waals surface area (Å²) >= 11 is 0. The van der Waals surface area contributed by atoms with Gasteiger partial charge in [0.15, 0.2) is 0 Å². The standard InChI is InChI=1S/C10H19N3O4/c1-3-6(2)12-10(17)13-7(9(15)16)4-5-8(11)14/h6-7H,3-5H2,1-2H3,(H2,11,14)(H,15,16)(H2,12,13,17)/t6?,7-/m0/s1. The van der Waals surface area contributed by atoms with Crippen LogP contribution >= 0.6 is 0 Å². The van der Waals surface area contributed by atoms with Gasteiger partial charge in [0.1, 0.15) is 6.04 Å². The molecule has 0 heterocycles. The molecule has 0 radical (unpaired) electrons. The molecule has 0 spiro atoms. The van der Waals surface area contributed by atoms with Crippen LogP contribution in [0.2, 0.25) is 0 Å². The first-order valence-corrected chi connectivity index (χ1v) is 5.45. The first-order valence-electron chi connectivity index (χ1n) is 5.45. The van der Waals surface area contributed by atoms with E-state index in [4.69, 9.17) is 10.8 Å². The molecule has 7 heteroatoms. The summed E-state index contributed by atoms with van der Waals surface area (Å²) in [5.41, 5.74) is 4.91. The third-order valence-electron chi connectivity index (χ3n) is 2.27. The number of hydrogen-bond acceptors (Lipinski definition) is 3. The zero-order chi connectivity index (χ0) is 13.4. The van der Waals surface area contributed by atoms with Gasteiger partial charge in [-0.1, -0.05) is 6.92 Å².